The van der Waals surface area contributed by atoms with Crippen LogP contribution < -0.4 is 14.8 Å². The zero-order valence-corrected chi connectivity index (χ0v) is 21.3. The Morgan fingerprint density at radius 3 is 2.61 bits per heavy atom. The van der Waals surface area contributed by atoms with Gasteiger partial charge in [0.25, 0.3) is 5.56 Å². The summed E-state index contributed by atoms with van der Waals surface area (Å²) < 4.78 is 9.40. The minimum absolute atomic E-state index is 0.221. The summed E-state index contributed by atoms with van der Waals surface area (Å²) in [7, 11) is 0. The van der Waals surface area contributed by atoms with Gasteiger partial charge >= 0.3 is 0 Å². The smallest absolute Gasteiger partial charge is 0.291 e. The molecule has 6 rings (SSSR count). The molecule has 8 nitrogen and oxygen atoms in total. The predicted molar refractivity (Wildman–Crippen MR) is 149 cm³/mol. The fourth-order valence-corrected chi connectivity index (χ4v) is 5.06. The lowest BCUT2D eigenvalue weighted by molar-refractivity contribution is 0.363. The van der Waals surface area contributed by atoms with Crippen LogP contribution in [0.4, 0.5) is 0 Å². The highest BCUT2D eigenvalue weighted by Gasteiger charge is 2.16. The Morgan fingerprint density at radius 2 is 1.87 bits per heavy atom. The summed E-state index contributed by atoms with van der Waals surface area (Å²) in [5.74, 6) is 1.26. The minimum atomic E-state index is -0.221. The molecule has 4 aromatic heterocycles. The van der Waals surface area contributed by atoms with E-state index in [1.165, 1.54) is 15.9 Å². The van der Waals surface area contributed by atoms with Gasteiger partial charge in [-0.1, -0.05) is 42.2 Å². The monoisotopic (exact) mass is 518 g/mol. The van der Waals surface area contributed by atoms with Crippen LogP contribution in [0, 0.1) is 6.92 Å². The Labute approximate surface area is 221 Å². The van der Waals surface area contributed by atoms with Crippen molar-refractivity contribution >= 4 is 22.4 Å². The van der Waals surface area contributed by atoms with Crippen molar-refractivity contribution < 1.29 is 4.74 Å². The van der Waals surface area contributed by atoms with Gasteiger partial charge < -0.3 is 4.74 Å². The third-order valence-electron chi connectivity index (χ3n) is 5.99. The molecule has 2 aromatic carbocycles. The van der Waals surface area contributed by atoms with Gasteiger partial charge in [-0.2, -0.15) is 14.6 Å². The molecule has 0 aliphatic rings. The van der Waals surface area contributed by atoms with Crippen molar-refractivity contribution in [3.63, 3.8) is 0 Å². The largest absolute Gasteiger partial charge is 0.490 e. The summed E-state index contributed by atoms with van der Waals surface area (Å²) in [6, 6.07) is 19.4. The highest BCUT2D eigenvalue weighted by atomic mass is 32.1. The van der Waals surface area contributed by atoms with E-state index in [1.807, 2.05) is 84.5 Å². The second kappa shape index (κ2) is 9.87. The normalized spacial score (nSPS) is 11.8. The molecular formula is C29H22N6O2S. The van der Waals surface area contributed by atoms with E-state index in [-0.39, 0.29) is 5.56 Å². The van der Waals surface area contributed by atoms with E-state index in [9.17, 15) is 4.79 Å². The second-order valence-electron chi connectivity index (χ2n) is 8.57. The first kappa shape index (κ1) is 23.5. The van der Waals surface area contributed by atoms with Crippen molar-refractivity contribution in [2.45, 2.75) is 6.92 Å². The highest BCUT2D eigenvalue weighted by Crippen LogP contribution is 2.30. The Bertz CT molecular complexity index is 1870. The lowest BCUT2D eigenvalue weighted by atomic mass is 10.0. The maximum Gasteiger partial charge on any atom is 0.291 e. The first-order valence-electron chi connectivity index (χ1n) is 11.9. The first-order valence-corrected chi connectivity index (χ1v) is 12.7. The molecule has 186 valence electrons. The van der Waals surface area contributed by atoms with Gasteiger partial charge in [0, 0.05) is 35.3 Å². The topological polar surface area (TPSA) is 87.2 Å². The number of nitrogens with zero attached hydrogens (tertiary/aromatic N) is 6. The Balaban J connectivity index is 1.47. The van der Waals surface area contributed by atoms with Crippen LogP contribution in [-0.4, -0.2) is 36.0 Å². The van der Waals surface area contributed by atoms with Crippen molar-refractivity contribution in [2.75, 3.05) is 6.61 Å². The van der Waals surface area contributed by atoms with Crippen molar-refractivity contribution in [3.8, 4) is 34.1 Å². The summed E-state index contributed by atoms with van der Waals surface area (Å²) in [4.78, 5) is 22.4. The van der Waals surface area contributed by atoms with E-state index in [2.05, 4.69) is 21.6 Å². The maximum absolute atomic E-state index is 13.3. The number of benzene rings is 2. The molecule has 0 N–H and O–H groups in total. The number of hydrogen-bond donors (Lipinski definition) is 0. The highest BCUT2D eigenvalue weighted by molar-refractivity contribution is 7.15. The molecule has 0 saturated heterocycles. The number of hydrogen-bond acceptors (Lipinski definition) is 7. The summed E-state index contributed by atoms with van der Waals surface area (Å²) in [6.07, 6.45) is 8.86. The average molecular weight is 519 g/mol. The molecule has 9 heteroatoms. The van der Waals surface area contributed by atoms with E-state index >= 15 is 0 Å². The van der Waals surface area contributed by atoms with E-state index < -0.39 is 0 Å². The number of ether oxygens (including phenoxy) is 1. The van der Waals surface area contributed by atoms with Crippen molar-refractivity contribution in [1.82, 2.24) is 29.4 Å². The number of pyridine rings is 1. The van der Waals surface area contributed by atoms with E-state index in [0.717, 1.165) is 39.4 Å². The van der Waals surface area contributed by atoms with Crippen LogP contribution >= 0.6 is 11.3 Å². The molecule has 0 unspecified atom stereocenters. The fourth-order valence-electron chi connectivity index (χ4n) is 4.16. The van der Waals surface area contributed by atoms with Gasteiger partial charge in [-0.3, -0.25) is 9.78 Å². The number of aryl methyl sites for hydroxylation is 1. The van der Waals surface area contributed by atoms with Crippen LogP contribution in [0.15, 0.2) is 96.7 Å². The summed E-state index contributed by atoms with van der Waals surface area (Å²) in [6.45, 7) is 6.16. The quantitative estimate of drug-likeness (QED) is 0.290. The molecule has 0 atom stereocenters. The zero-order chi connectivity index (χ0) is 26.1. The van der Waals surface area contributed by atoms with E-state index in [4.69, 9.17) is 9.84 Å². The number of thiazole rings is 1. The second-order valence-corrected chi connectivity index (χ2v) is 9.58. The predicted octanol–water partition coefficient (Wildman–Crippen LogP) is 4.49. The fraction of sp³-hybridized carbons (Fsp3) is 0.0690. The van der Waals surface area contributed by atoms with E-state index in [0.29, 0.717) is 21.9 Å². The molecule has 0 saturated carbocycles. The number of para-hydroxylation sites is 1. The lowest BCUT2D eigenvalue weighted by Crippen LogP contribution is -2.23. The van der Waals surface area contributed by atoms with Crippen LogP contribution in [0.2, 0.25) is 0 Å². The van der Waals surface area contributed by atoms with E-state index in [1.54, 1.807) is 18.5 Å². The summed E-state index contributed by atoms with van der Waals surface area (Å²) >= 11 is 1.30. The van der Waals surface area contributed by atoms with Crippen LogP contribution in [0.5, 0.6) is 5.75 Å². The number of fused-ring (bicyclic) bond motifs is 1. The van der Waals surface area contributed by atoms with Crippen molar-refractivity contribution in [2.24, 2.45) is 0 Å². The van der Waals surface area contributed by atoms with Crippen LogP contribution in [0.25, 0.3) is 39.4 Å². The lowest BCUT2D eigenvalue weighted by Gasteiger charge is -2.08. The minimum Gasteiger partial charge on any atom is -0.490 e. The summed E-state index contributed by atoms with van der Waals surface area (Å²) in [5, 5.41) is 9.35. The van der Waals surface area contributed by atoms with Crippen LogP contribution in [0.3, 0.4) is 0 Å². The van der Waals surface area contributed by atoms with Gasteiger partial charge in [0.1, 0.15) is 18.1 Å². The third kappa shape index (κ3) is 4.39. The molecule has 0 radical (unpaired) electrons. The molecule has 0 aliphatic heterocycles. The van der Waals surface area contributed by atoms with Crippen LogP contribution in [0.1, 0.15) is 11.1 Å². The molecule has 38 heavy (non-hydrogen) atoms. The average Bonchev–Trinajstić information content (AvgIpc) is 3.64. The zero-order valence-electron chi connectivity index (χ0n) is 20.5. The molecule has 0 bridgehead atoms. The number of rotatable bonds is 7. The van der Waals surface area contributed by atoms with Gasteiger partial charge in [0.15, 0.2) is 5.82 Å². The Kier molecular flexibility index (Phi) is 6.11. The van der Waals surface area contributed by atoms with Crippen molar-refractivity contribution in [3.05, 3.63) is 118 Å². The molecule has 0 fully saturated rings. The Morgan fingerprint density at radius 1 is 1.05 bits per heavy atom. The van der Waals surface area contributed by atoms with Gasteiger partial charge in [-0.15, -0.1) is 5.10 Å². The molecule has 0 aliphatic carbocycles. The molecule has 0 spiro atoms. The first-order chi connectivity index (χ1) is 18.6. The molecular weight excluding hydrogens is 496 g/mol. The number of aromatic nitrogens is 6. The van der Waals surface area contributed by atoms with Gasteiger partial charge in [-0.25, -0.2) is 4.68 Å². The SMILES string of the molecule is C=CCOc1ccc(-c2nn(-c3ccccc3)cc2/C=c2\sc3nc(-c4ccncc4)nn3c2=O)c(C)c1. The summed E-state index contributed by atoms with van der Waals surface area (Å²) in [5.41, 5.74) is 5.04. The van der Waals surface area contributed by atoms with Crippen molar-refractivity contribution in [1.29, 1.82) is 0 Å². The maximum atomic E-state index is 13.3. The molecule has 6 aromatic rings. The molecule has 0 amide bonds. The standard InChI is InChI=1S/C29H22N6O2S/c1-3-15-37-23-9-10-24(19(2)16-23)26-21(18-34(32-26)22-7-5-4-6-8-22)17-25-28(36)35-29(38-25)31-27(33-35)20-11-13-30-14-12-20/h3-14,16-18H,1,15H2,2H3/b25-17-. The third-order valence-corrected chi connectivity index (χ3v) is 6.95. The van der Waals surface area contributed by atoms with Gasteiger partial charge in [0.05, 0.1) is 10.2 Å². The Hall–Kier alpha value is -4.89. The van der Waals surface area contributed by atoms with Gasteiger partial charge in [0.2, 0.25) is 4.96 Å². The van der Waals surface area contributed by atoms with Gasteiger partial charge in [-0.05, 0) is 61.0 Å². The molecule has 4 heterocycles. The van der Waals surface area contributed by atoms with Crippen LogP contribution in [-0.2, 0) is 0 Å².